The molecule has 1 aromatic heterocycles. The summed E-state index contributed by atoms with van der Waals surface area (Å²) in [4.78, 5) is 17.3. The number of rotatable bonds is 5. The van der Waals surface area contributed by atoms with Gasteiger partial charge in [-0.1, -0.05) is 0 Å². The second kappa shape index (κ2) is 5.88. The number of nitrogen functional groups attached to an aromatic ring is 1. The van der Waals surface area contributed by atoms with Crippen molar-refractivity contribution in [3.05, 3.63) is 17.8 Å². The lowest BCUT2D eigenvalue weighted by Gasteiger charge is -2.24. The molecule has 0 aromatic carbocycles. The Morgan fingerprint density at radius 2 is 2.26 bits per heavy atom. The number of carboxylic acids is 1. The monoisotopic (exact) mass is 264 g/mol. The molecule has 6 nitrogen and oxygen atoms in total. The van der Waals surface area contributed by atoms with E-state index < -0.39 is 5.97 Å². The second-order valence-electron chi connectivity index (χ2n) is 4.94. The third-order valence-corrected chi connectivity index (χ3v) is 3.49. The van der Waals surface area contributed by atoms with Crippen molar-refractivity contribution in [2.75, 3.05) is 30.7 Å². The molecule has 0 aliphatic carbocycles. The van der Waals surface area contributed by atoms with Crippen LogP contribution in [0.1, 0.15) is 30.1 Å². The molecule has 1 unspecified atom stereocenters. The maximum atomic E-state index is 10.8. The minimum Gasteiger partial charge on any atom is -0.478 e. The predicted molar refractivity (Wildman–Crippen MR) is 74.4 cm³/mol. The number of anilines is 2. The zero-order valence-electron chi connectivity index (χ0n) is 11.1. The normalized spacial score (nSPS) is 17.3. The van der Waals surface area contributed by atoms with Crippen LogP contribution in [0.25, 0.3) is 0 Å². The summed E-state index contributed by atoms with van der Waals surface area (Å²) in [6.45, 7) is 5.21. The predicted octanol–water partition coefficient (Wildman–Crippen LogP) is 1.26. The first kappa shape index (κ1) is 13.6. The first-order chi connectivity index (χ1) is 9.08. The van der Waals surface area contributed by atoms with E-state index in [2.05, 4.69) is 22.1 Å². The molecule has 1 fully saturated rings. The van der Waals surface area contributed by atoms with Gasteiger partial charge in [0.2, 0.25) is 0 Å². The van der Waals surface area contributed by atoms with Crippen LogP contribution in [-0.2, 0) is 0 Å². The summed E-state index contributed by atoms with van der Waals surface area (Å²) in [6.07, 6.45) is 3.84. The van der Waals surface area contributed by atoms with Crippen molar-refractivity contribution in [2.24, 2.45) is 0 Å². The molecule has 0 radical (unpaired) electrons. The Labute approximate surface area is 112 Å². The van der Waals surface area contributed by atoms with E-state index in [1.807, 2.05) is 0 Å². The fraction of sp³-hybridized carbons (Fsp3) is 0.538. The van der Waals surface area contributed by atoms with Crippen molar-refractivity contribution in [3.63, 3.8) is 0 Å². The second-order valence-corrected chi connectivity index (χ2v) is 4.94. The molecule has 0 spiro atoms. The molecule has 1 aromatic rings. The average Bonchev–Trinajstić information content (AvgIpc) is 2.90. The van der Waals surface area contributed by atoms with Crippen molar-refractivity contribution >= 4 is 17.5 Å². The molecule has 0 amide bonds. The van der Waals surface area contributed by atoms with Crippen LogP contribution in [0.4, 0.5) is 11.5 Å². The SMILES string of the molecule is CC(CNc1ncc(C(=O)O)cc1N)N1CCCC1. The number of carboxylic acid groups (broad SMARTS) is 1. The number of nitrogens with one attached hydrogen (secondary N) is 1. The summed E-state index contributed by atoms with van der Waals surface area (Å²) in [6, 6.07) is 1.85. The molecule has 0 saturated carbocycles. The molecule has 1 saturated heterocycles. The van der Waals surface area contributed by atoms with E-state index in [1.54, 1.807) is 0 Å². The van der Waals surface area contributed by atoms with Crippen LogP contribution in [0.5, 0.6) is 0 Å². The number of hydrogen-bond acceptors (Lipinski definition) is 5. The molecule has 19 heavy (non-hydrogen) atoms. The fourth-order valence-corrected chi connectivity index (χ4v) is 2.30. The number of pyridine rings is 1. The van der Waals surface area contributed by atoms with E-state index in [-0.39, 0.29) is 5.56 Å². The number of nitrogens with zero attached hydrogens (tertiary/aromatic N) is 2. The lowest BCUT2D eigenvalue weighted by Crippen LogP contribution is -2.35. The molecule has 1 aliphatic heterocycles. The minimum atomic E-state index is -1.02. The van der Waals surface area contributed by atoms with Crippen LogP contribution < -0.4 is 11.1 Å². The van der Waals surface area contributed by atoms with Gasteiger partial charge in [0.1, 0.15) is 5.82 Å². The first-order valence-corrected chi connectivity index (χ1v) is 6.54. The summed E-state index contributed by atoms with van der Waals surface area (Å²) in [7, 11) is 0. The van der Waals surface area contributed by atoms with Gasteiger partial charge in [0, 0.05) is 18.8 Å². The lowest BCUT2D eigenvalue weighted by atomic mass is 10.2. The highest BCUT2D eigenvalue weighted by molar-refractivity contribution is 5.89. The van der Waals surface area contributed by atoms with Gasteiger partial charge in [-0.2, -0.15) is 0 Å². The van der Waals surface area contributed by atoms with Crippen molar-refractivity contribution in [3.8, 4) is 0 Å². The highest BCUT2D eigenvalue weighted by atomic mass is 16.4. The third-order valence-electron chi connectivity index (χ3n) is 3.49. The number of nitrogens with two attached hydrogens (primary N) is 1. The Balaban J connectivity index is 1.93. The van der Waals surface area contributed by atoms with Gasteiger partial charge in [0.15, 0.2) is 0 Å². The van der Waals surface area contributed by atoms with Gasteiger partial charge in [-0.25, -0.2) is 9.78 Å². The van der Waals surface area contributed by atoms with E-state index in [0.29, 0.717) is 17.5 Å². The molecule has 0 bridgehead atoms. The molecule has 1 aliphatic rings. The van der Waals surface area contributed by atoms with Crippen LogP contribution in [-0.4, -0.2) is 46.6 Å². The molecule has 6 heteroatoms. The molecule has 1 atom stereocenters. The van der Waals surface area contributed by atoms with Gasteiger partial charge in [-0.3, -0.25) is 4.90 Å². The zero-order valence-corrected chi connectivity index (χ0v) is 11.1. The van der Waals surface area contributed by atoms with Crippen LogP contribution in [0.3, 0.4) is 0 Å². The number of carbonyl (C=O) groups is 1. The minimum absolute atomic E-state index is 0.107. The molecule has 2 rings (SSSR count). The molecule has 2 heterocycles. The van der Waals surface area contributed by atoms with E-state index in [0.717, 1.165) is 19.6 Å². The van der Waals surface area contributed by atoms with Crippen molar-refractivity contribution < 1.29 is 9.90 Å². The van der Waals surface area contributed by atoms with E-state index in [4.69, 9.17) is 10.8 Å². The Bertz CT molecular complexity index is 458. The number of hydrogen-bond donors (Lipinski definition) is 3. The topological polar surface area (TPSA) is 91.5 Å². The third kappa shape index (κ3) is 3.35. The first-order valence-electron chi connectivity index (χ1n) is 6.54. The van der Waals surface area contributed by atoms with Crippen molar-refractivity contribution in [1.82, 2.24) is 9.88 Å². The van der Waals surface area contributed by atoms with E-state index >= 15 is 0 Å². The highest BCUT2D eigenvalue weighted by Crippen LogP contribution is 2.17. The fourth-order valence-electron chi connectivity index (χ4n) is 2.30. The Morgan fingerprint density at radius 3 is 2.84 bits per heavy atom. The van der Waals surface area contributed by atoms with Gasteiger partial charge >= 0.3 is 5.97 Å². The number of likely N-dealkylation sites (tertiary alicyclic amines) is 1. The maximum absolute atomic E-state index is 10.8. The maximum Gasteiger partial charge on any atom is 0.337 e. The summed E-state index contributed by atoms with van der Waals surface area (Å²) in [5, 5.41) is 12.0. The van der Waals surface area contributed by atoms with E-state index in [1.165, 1.54) is 25.1 Å². The average molecular weight is 264 g/mol. The summed E-state index contributed by atoms with van der Waals surface area (Å²) in [5.74, 6) is -0.466. The van der Waals surface area contributed by atoms with Crippen molar-refractivity contribution in [2.45, 2.75) is 25.8 Å². The molecule has 4 N–H and O–H groups in total. The lowest BCUT2D eigenvalue weighted by molar-refractivity contribution is 0.0696. The highest BCUT2D eigenvalue weighted by Gasteiger charge is 2.18. The largest absolute Gasteiger partial charge is 0.478 e. The zero-order chi connectivity index (χ0) is 13.8. The Morgan fingerprint density at radius 1 is 1.58 bits per heavy atom. The number of aromatic carboxylic acids is 1. The molecular weight excluding hydrogens is 244 g/mol. The van der Waals surface area contributed by atoms with E-state index in [9.17, 15) is 4.79 Å². The van der Waals surface area contributed by atoms with Crippen molar-refractivity contribution in [1.29, 1.82) is 0 Å². The molecular formula is C13H20N4O2. The summed E-state index contributed by atoms with van der Waals surface area (Å²) in [5.41, 5.74) is 6.27. The van der Waals surface area contributed by atoms with Crippen LogP contribution in [0.2, 0.25) is 0 Å². The van der Waals surface area contributed by atoms with Gasteiger partial charge in [0.25, 0.3) is 0 Å². The molecule has 104 valence electrons. The Kier molecular flexibility index (Phi) is 4.21. The van der Waals surface area contributed by atoms with Gasteiger partial charge < -0.3 is 16.2 Å². The smallest absolute Gasteiger partial charge is 0.337 e. The van der Waals surface area contributed by atoms with Crippen LogP contribution >= 0.6 is 0 Å². The standard InChI is InChI=1S/C13H20N4O2/c1-9(17-4-2-3-5-17)7-15-12-11(14)6-10(8-16-12)13(18)19/h6,8-9H,2-5,7,14H2,1H3,(H,15,16)(H,18,19). The van der Waals surface area contributed by atoms with Crippen LogP contribution in [0.15, 0.2) is 12.3 Å². The van der Waals surface area contributed by atoms with Gasteiger partial charge in [-0.15, -0.1) is 0 Å². The summed E-state index contributed by atoms with van der Waals surface area (Å²) < 4.78 is 0. The van der Waals surface area contributed by atoms with Gasteiger partial charge in [0.05, 0.1) is 11.3 Å². The van der Waals surface area contributed by atoms with Crippen LogP contribution in [0, 0.1) is 0 Å². The number of aromatic nitrogens is 1. The quantitative estimate of drug-likeness (QED) is 0.741. The summed E-state index contributed by atoms with van der Waals surface area (Å²) >= 11 is 0. The Hall–Kier alpha value is -1.82. The van der Waals surface area contributed by atoms with Gasteiger partial charge in [-0.05, 0) is 38.9 Å².